The predicted octanol–water partition coefficient (Wildman–Crippen LogP) is 6.41. The Bertz CT molecular complexity index is 1420. The summed E-state index contributed by atoms with van der Waals surface area (Å²) in [5.74, 6) is 0.222. The molecule has 7 unspecified atom stereocenters. The Kier molecular flexibility index (Phi) is 10.4. The van der Waals surface area contributed by atoms with Gasteiger partial charge in [0.05, 0.1) is 0 Å². The lowest BCUT2D eigenvalue weighted by atomic mass is 9.98. The first kappa shape index (κ1) is 31.3. The molecule has 0 amide bonds. The number of nitrogens with zero attached hydrogens (tertiary/aromatic N) is 8. The number of hydrogen-bond donors (Lipinski definition) is 0. The van der Waals surface area contributed by atoms with E-state index in [-0.39, 0.29) is 42.9 Å². The molecule has 1 aliphatic carbocycles. The summed E-state index contributed by atoms with van der Waals surface area (Å²) in [6.07, 6.45) is 18.3. The van der Waals surface area contributed by atoms with E-state index in [1.807, 2.05) is 31.1 Å². The van der Waals surface area contributed by atoms with Crippen molar-refractivity contribution in [2.75, 3.05) is 0 Å². The molecule has 7 atom stereocenters. The first-order valence-electron chi connectivity index (χ1n) is 15.6. The maximum atomic E-state index is 5.00. The molecule has 228 valence electrons. The van der Waals surface area contributed by atoms with Crippen LogP contribution in [-0.4, -0.2) is 84.1 Å². The third-order valence-electron chi connectivity index (χ3n) is 8.31. The molecule has 8 nitrogen and oxygen atoms in total. The van der Waals surface area contributed by atoms with Crippen LogP contribution in [0.15, 0.2) is 102 Å². The van der Waals surface area contributed by atoms with Gasteiger partial charge in [0, 0.05) is 43.2 Å². The summed E-state index contributed by atoms with van der Waals surface area (Å²) in [7, 11) is 0. The van der Waals surface area contributed by atoms with Crippen LogP contribution in [0.2, 0.25) is 0 Å². The van der Waals surface area contributed by atoms with Crippen LogP contribution in [0, 0.1) is 5.92 Å². The van der Waals surface area contributed by atoms with Crippen molar-refractivity contribution in [2.24, 2.45) is 35.9 Å². The zero-order chi connectivity index (χ0) is 31.1. The van der Waals surface area contributed by atoms with Crippen LogP contribution in [0.25, 0.3) is 0 Å². The third kappa shape index (κ3) is 8.07. The van der Waals surface area contributed by atoms with Gasteiger partial charge in [0.25, 0.3) is 0 Å². The van der Waals surface area contributed by atoms with Gasteiger partial charge >= 0.3 is 0 Å². The fourth-order valence-corrected chi connectivity index (χ4v) is 5.74. The standard InChI is InChI=1S/C36H44N8/c1-25-37-19-31-7-9-34(10-8-31)22-40-28(4)44-29(5)41-23-35-15-11-32(12-16-35)20-38-26(2)43(25)27(3)39-21-33-13-17-36(18-14-33)24-42-30(44)6/h7-17,19-30,36H,18H2,1-6H3/b37-19+,38-20+,39-21+,40-22+,41-23+,42-24+. The maximum Gasteiger partial charge on any atom is 0.102 e. The molecule has 44 heavy (non-hydrogen) atoms. The molecule has 15 rings (SSSR count). The van der Waals surface area contributed by atoms with Gasteiger partial charge in [0.2, 0.25) is 0 Å². The summed E-state index contributed by atoms with van der Waals surface area (Å²) in [4.78, 5) is 34.2. The van der Waals surface area contributed by atoms with Gasteiger partial charge < -0.3 is 0 Å². The molecule has 8 bridgehead atoms. The molecular weight excluding hydrogens is 544 g/mol. The van der Waals surface area contributed by atoms with Gasteiger partial charge in [-0.15, -0.1) is 0 Å². The molecule has 0 N–H and O–H groups in total. The van der Waals surface area contributed by atoms with Gasteiger partial charge in [0.15, 0.2) is 0 Å². The SMILES string of the molecule is CC1/N=C/C2=CCC(C=C2)/C=N/C(C)N2C(C)/N=C/c3ccc(cc3)/C=N/C(C)N1C(C)/N=C/c1ccc(cc1)/C=N/C2C. The number of aliphatic imine (C=N–C) groups is 6. The normalized spacial score (nSPS) is 36.8. The molecule has 8 heteroatoms. The molecule has 2 aromatic rings. The van der Waals surface area contributed by atoms with E-state index in [1.165, 1.54) is 0 Å². The fourth-order valence-electron chi connectivity index (χ4n) is 5.74. The third-order valence-corrected chi connectivity index (χ3v) is 8.31. The van der Waals surface area contributed by atoms with E-state index in [2.05, 4.69) is 124 Å². The summed E-state index contributed by atoms with van der Waals surface area (Å²) in [5, 5.41) is 0. The number of allylic oxidation sites excluding steroid dienone is 4. The topological polar surface area (TPSA) is 80.6 Å². The van der Waals surface area contributed by atoms with Crippen LogP contribution in [0.3, 0.4) is 0 Å². The fraction of sp³-hybridized carbons (Fsp3) is 0.389. The molecule has 0 aromatic heterocycles. The van der Waals surface area contributed by atoms with Crippen molar-refractivity contribution in [3.05, 3.63) is 94.6 Å². The highest BCUT2D eigenvalue weighted by atomic mass is 15.4. The lowest BCUT2D eigenvalue weighted by molar-refractivity contribution is 0.117. The van der Waals surface area contributed by atoms with Crippen molar-refractivity contribution in [1.82, 2.24) is 9.80 Å². The molecule has 0 fully saturated rings. The van der Waals surface area contributed by atoms with E-state index >= 15 is 0 Å². The van der Waals surface area contributed by atoms with Gasteiger partial charge in [-0.3, -0.25) is 30.0 Å². The average Bonchev–Trinajstić information content (AvgIpc) is 3.03. The lowest BCUT2D eigenvalue weighted by Gasteiger charge is -2.33. The van der Waals surface area contributed by atoms with Gasteiger partial charge in [-0.05, 0) is 75.8 Å². The van der Waals surface area contributed by atoms with Gasteiger partial charge in [-0.25, -0.2) is 9.80 Å². The molecule has 13 aliphatic rings. The zero-order valence-corrected chi connectivity index (χ0v) is 26.6. The minimum Gasteiger partial charge on any atom is -0.278 e. The molecule has 0 spiro atoms. The molecule has 0 radical (unpaired) electrons. The summed E-state index contributed by atoms with van der Waals surface area (Å²) in [6, 6.07) is 16.6. The van der Waals surface area contributed by atoms with Gasteiger partial charge in [-0.2, -0.15) is 0 Å². The van der Waals surface area contributed by atoms with Crippen molar-refractivity contribution >= 4 is 37.3 Å². The summed E-state index contributed by atoms with van der Waals surface area (Å²) < 4.78 is 0. The van der Waals surface area contributed by atoms with Crippen molar-refractivity contribution in [3.63, 3.8) is 0 Å². The Hall–Kier alpha value is -4.14. The quantitative estimate of drug-likeness (QED) is 0.356. The molecule has 12 heterocycles. The Morgan fingerprint density at radius 3 is 1.16 bits per heavy atom. The molecule has 2 aromatic carbocycles. The average molecular weight is 589 g/mol. The number of rotatable bonds is 0. The van der Waals surface area contributed by atoms with E-state index in [4.69, 9.17) is 30.0 Å². The van der Waals surface area contributed by atoms with Crippen molar-refractivity contribution < 1.29 is 0 Å². The van der Waals surface area contributed by atoms with E-state index in [0.717, 1.165) is 34.2 Å². The Balaban J connectivity index is 1.63. The van der Waals surface area contributed by atoms with E-state index in [9.17, 15) is 0 Å². The van der Waals surface area contributed by atoms with Crippen LogP contribution in [0.5, 0.6) is 0 Å². The van der Waals surface area contributed by atoms with Crippen molar-refractivity contribution in [1.29, 1.82) is 0 Å². The van der Waals surface area contributed by atoms with Crippen LogP contribution in [0.1, 0.15) is 70.2 Å². The minimum absolute atomic E-state index is 0.127. The Labute approximate surface area is 262 Å². The highest BCUT2D eigenvalue weighted by Crippen LogP contribution is 2.20. The number of benzene rings is 2. The first-order chi connectivity index (χ1) is 21.3. The largest absolute Gasteiger partial charge is 0.278 e. The van der Waals surface area contributed by atoms with E-state index in [1.54, 1.807) is 0 Å². The highest BCUT2D eigenvalue weighted by Gasteiger charge is 2.25. The number of hydrogen-bond acceptors (Lipinski definition) is 8. The lowest BCUT2D eigenvalue weighted by Crippen LogP contribution is -2.44. The molecular formula is C36H44N8. The monoisotopic (exact) mass is 588 g/mol. The first-order valence-corrected chi connectivity index (χ1v) is 15.6. The zero-order valence-electron chi connectivity index (χ0n) is 26.6. The van der Waals surface area contributed by atoms with Gasteiger partial charge in [0.1, 0.15) is 37.0 Å². The van der Waals surface area contributed by atoms with Crippen molar-refractivity contribution in [2.45, 2.75) is 85.0 Å². The van der Waals surface area contributed by atoms with Gasteiger partial charge in [-0.1, -0.05) is 66.8 Å². The van der Waals surface area contributed by atoms with E-state index < -0.39 is 0 Å². The molecule has 0 saturated heterocycles. The summed E-state index contributed by atoms with van der Waals surface area (Å²) >= 11 is 0. The van der Waals surface area contributed by atoms with Crippen LogP contribution in [-0.2, 0) is 0 Å². The Morgan fingerprint density at radius 2 is 0.818 bits per heavy atom. The van der Waals surface area contributed by atoms with Crippen molar-refractivity contribution in [3.8, 4) is 0 Å². The minimum atomic E-state index is -0.155. The molecule has 0 saturated carbocycles. The smallest absolute Gasteiger partial charge is 0.102 e. The predicted molar refractivity (Wildman–Crippen MR) is 186 cm³/mol. The second-order valence-corrected chi connectivity index (χ2v) is 11.7. The van der Waals surface area contributed by atoms with E-state index in [0.29, 0.717) is 0 Å². The van der Waals surface area contributed by atoms with Crippen LogP contribution >= 0.6 is 0 Å². The summed E-state index contributed by atoms with van der Waals surface area (Å²) in [5.41, 5.74) is 5.21. The Morgan fingerprint density at radius 1 is 0.477 bits per heavy atom. The van der Waals surface area contributed by atoms with Crippen LogP contribution in [0.4, 0.5) is 0 Å². The molecule has 12 aliphatic heterocycles. The summed E-state index contributed by atoms with van der Waals surface area (Å²) in [6.45, 7) is 12.6. The maximum absolute atomic E-state index is 5.00. The second-order valence-electron chi connectivity index (χ2n) is 11.7. The highest BCUT2D eigenvalue weighted by molar-refractivity contribution is 5.85. The van der Waals surface area contributed by atoms with Crippen LogP contribution < -0.4 is 0 Å². The second kappa shape index (κ2) is 14.6.